The van der Waals surface area contributed by atoms with Crippen LogP contribution >= 0.6 is 23.2 Å². The van der Waals surface area contributed by atoms with Crippen molar-refractivity contribution >= 4 is 34.8 Å². The van der Waals surface area contributed by atoms with Gasteiger partial charge < -0.3 is 10.6 Å². The van der Waals surface area contributed by atoms with Crippen molar-refractivity contribution in [3.63, 3.8) is 0 Å². The molecule has 2 atom stereocenters. The number of amides is 1. The van der Waals surface area contributed by atoms with Crippen LogP contribution in [0.3, 0.4) is 0 Å². The van der Waals surface area contributed by atoms with Crippen molar-refractivity contribution in [1.29, 1.82) is 0 Å². The summed E-state index contributed by atoms with van der Waals surface area (Å²) in [7, 11) is 1.78. The monoisotopic (exact) mass is 540 g/mol. The summed E-state index contributed by atoms with van der Waals surface area (Å²) in [6.07, 6.45) is -3.36. The number of hydrogen-bond donors (Lipinski definition) is 1. The lowest BCUT2D eigenvalue weighted by molar-refractivity contribution is -0.140. The van der Waals surface area contributed by atoms with Crippen LogP contribution in [0.4, 0.5) is 23.2 Å². The first-order chi connectivity index (χ1) is 16.9. The normalized spacial score (nSPS) is 18.2. The number of hydrogen-bond acceptors (Lipinski definition) is 4. The van der Waals surface area contributed by atoms with Crippen molar-refractivity contribution < 1.29 is 22.4 Å². The number of likely N-dealkylation sites (tertiary alicyclic amines) is 1. The van der Waals surface area contributed by atoms with Gasteiger partial charge >= 0.3 is 6.18 Å². The number of aromatic nitrogens is 1. The molecule has 11 heteroatoms. The highest BCUT2D eigenvalue weighted by Gasteiger charge is 2.39. The second-order valence-corrected chi connectivity index (χ2v) is 9.58. The highest BCUT2D eigenvalue weighted by Crippen LogP contribution is 2.36. The molecule has 0 saturated carbocycles. The fourth-order valence-electron chi connectivity index (χ4n) is 4.46. The number of pyridine rings is 1. The van der Waals surface area contributed by atoms with E-state index < -0.39 is 17.6 Å². The summed E-state index contributed by atoms with van der Waals surface area (Å²) in [5.41, 5.74) is 6.27. The number of carbonyl (C=O) groups excluding carboxylic acids is 1. The van der Waals surface area contributed by atoms with Gasteiger partial charge in [-0.05, 0) is 54.6 Å². The van der Waals surface area contributed by atoms with Gasteiger partial charge in [-0.3, -0.25) is 9.69 Å². The van der Waals surface area contributed by atoms with Gasteiger partial charge in [-0.2, -0.15) is 13.2 Å². The number of alkyl halides is 3. The van der Waals surface area contributed by atoms with Gasteiger partial charge in [-0.25, -0.2) is 9.37 Å². The summed E-state index contributed by atoms with van der Waals surface area (Å²) in [5.74, 6) is -1.80. The number of benzene rings is 2. The predicted molar refractivity (Wildman–Crippen MR) is 130 cm³/mol. The number of anilines is 1. The third kappa shape index (κ3) is 5.58. The Hall–Kier alpha value is -2.88. The van der Waals surface area contributed by atoms with E-state index in [0.29, 0.717) is 34.4 Å². The Balaban J connectivity index is 1.61. The average molecular weight is 541 g/mol. The first kappa shape index (κ1) is 26.2. The van der Waals surface area contributed by atoms with Crippen molar-refractivity contribution in [2.45, 2.75) is 24.7 Å². The highest BCUT2D eigenvalue weighted by molar-refractivity contribution is 6.42. The van der Waals surface area contributed by atoms with E-state index in [1.54, 1.807) is 36.2 Å². The van der Waals surface area contributed by atoms with E-state index in [1.807, 2.05) is 11.0 Å². The average Bonchev–Trinajstić information content (AvgIpc) is 3.26. The zero-order valence-electron chi connectivity index (χ0n) is 19.1. The molecule has 0 spiro atoms. The van der Waals surface area contributed by atoms with Crippen LogP contribution in [0.5, 0.6) is 0 Å². The molecule has 1 aromatic heterocycles. The van der Waals surface area contributed by atoms with Crippen LogP contribution in [0.15, 0.2) is 54.7 Å². The zero-order valence-corrected chi connectivity index (χ0v) is 20.6. The van der Waals surface area contributed by atoms with E-state index >= 15 is 0 Å². The van der Waals surface area contributed by atoms with Crippen molar-refractivity contribution in [2.24, 2.45) is 0 Å². The Labute approximate surface area is 215 Å². The fraction of sp³-hybridized carbons (Fsp3) is 0.280. The molecule has 2 N–H and O–H groups in total. The summed E-state index contributed by atoms with van der Waals surface area (Å²) in [6, 6.07) is 11.0. The van der Waals surface area contributed by atoms with E-state index in [-0.39, 0.29) is 30.1 Å². The minimum Gasteiger partial charge on any atom is -0.397 e. The lowest BCUT2D eigenvalue weighted by Gasteiger charge is -2.29. The number of nitrogens with zero attached hydrogens (tertiary/aromatic N) is 3. The molecular formula is C25H22Cl2F4N4O. The van der Waals surface area contributed by atoms with E-state index in [0.717, 1.165) is 17.7 Å². The van der Waals surface area contributed by atoms with Crippen LogP contribution in [0, 0.1) is 5.82 Å². The molecule has 4 rings (SSSR count). The van der Waals surface area contributed by atoms with Gasteiger partial charge in [-0.15, -0.1) is 0 Å². The molecule has 1 fully saturated rings. The topological polar surface area (TPSA) is 62.5 Å². The molecule has 1 amide bonds. The molecule has 3 aromatic rings. The molecule has 0 aliphatic carbocycles. The minimum absolute atomic E-state index is 0.166. The van der Waals surface area contributed by atoms with Crippen LogP contribution in [0.2, 0.25) is 10.0 Å². The molecule has 36 heavy (non-hydrogen) atoms. The molecule has 2 heterocycles. The fourth-order valence-corrected chi connectivity index (χ4v) is 4.76. The number of halogens is 6. The molecular weight excluding hydrogens is 519 g/mol. The Bertz CT molecular complexity index is 1270. The van der Waals surface area contributed by atoms with Gasteiger partial charge in [0, 0.05) is 31.6 Å². The van der Waals surface area contributed by atoms with Gasteiger partial charge in [0.25, 0.3) is 5.91 Å². The van der Waals surface area contributed by atoms with E-state index in [1.165, 1.54) is 12.3 Å². The molecule has 190 valence electrons. The molecule has 2 aromatic carbocycles. The van der Waals surface area contributed by atoms with Crippen LogP contribution < -0.4 is 5.73 Å². The molecule has 1 aliphatic rings. The molecule has 0 bridgehead atoms. The minimum atomic E-state index is -4.77. The second kappa shape index (κ2) is 10.2. The smallest absolute Gasteiger partial charge is 0.397 e. The van der Waals surface area contributed by atoms with Gasteiger partial charge in [0.15, 0.2) is 0 Å². The Morgan fingerprint density at radius 3 is 2.47 bits per heavy atom. The van der Waals surface area contributed by atoms with E-state index in [2.05, 4.69) is 4.98 Å². The van der Waals surface area contributed by atoms with Crippen molar-refractivity contribution in [3.8, 4) is 0 Å². The van der Waals surface area contributed by atoms with Gasteiger partial charge in [0.2, 0.25) is 0 Å². The van der Waals surface area contributed by atoms with Crippen LogP contribution in [-0.2, 0) is 12.7 Å². The SMILES string of the molecule is CN(Cc1ccc(C(F)(F)F)c(F)c1)C1CN(C(=O)c2ccc(N)cn2)CC1c1ccc(Cl)c(Cl)c1. The number of rotatable bonds is 5. The predicted octanol–water partition coefficient (Wildman–Crippen LogP) is 5.87. The van der Waals surface area contributed by atoms with E-state index in [9.17, 15) is 22.4 Å². The Morgan fingerprint density at radius 1 is 1.11 bits per heavy atom. The van der Waals surface area contributed by atoms with Crippen LogP contribution in [0.1, 0.15) is 33.1 Å². The third-order valence-electron chi connectivity index (χ3n) is 6.29. The number of likely N-dealkylation sites (N-methyl/N-ethyl adjacent to an activating group) is 1. The second-order valence-electron chi connectivity index (χ2n) is 8.76. The maximum Gasteiger partial charge on any atom is 0.419 e. The lowest BCUT2D eigenvalue weighted by Crippen LogP contribution is -2.38. The van der Waals surface area contributed by atoms with Crippen LogP contribution in [-0.4, -0.2) is 46.9 Å². The maximum atomic E-state index is 14.1. The van der Waals surface area contributed by atoms with Gasteiger partial charge in [0.1, 0.15) is 11.5 Å². The zero-order chi connectivity index (χ0) is 26.2. The maximum absolute atomic E-state index is 14.1. The number of nitrogen functional groups attached to an aromatic ring is 1. The Morgan fingerprint density at radius 2 is 1.86 bits per heavy atom. The molecule has 5 nitrogen and oxygen atoms in total. The summed E-state index contributed by atoms with van der Waals surface area (Å²) in [4.78, 5) is 20.8. The summed E-state index contributed by atoms with van der Waals surface area (Å²) in [5, 5.41) is 0.757. The first-order valence-corrected chi connectivity index (χ1v) is 11.7. The summed E-state index contributed by atoms with van der Waals surface area (Å²) < 4.78 is 53.0. The first-order valence-electron chi connectivity index (χ1n) is 11.0. The van der Waals surface area contributed by atoms with E-state index in [4.69, 9.17) is 28.9 Å². The third-order valence-corrected chi connectivity index (χ3v) is 7.03. The standard InChI is InChI=1S/C25H22Cl2F4N4O/c1-34(11-14-2-5-18(21(28)8-14)25(29,30)31)23-13-35(24(36)22-7-4-16(32)10-33-22)12-17(23)15-3-6-19(26)20(27)9-15/h2-10,17,23H,11-13,32H2,1H3. The highest BCUT2D eigenvalue weighted by atomic mass is 35.5. The molecule has 1 aliphatic heterocycles. The molecule has 2 unspecified atom stereocenters. The summed E-state index contributed by atoms with van der Waals surface area (Å²) >= 11 is 12.3. The number of nitrogens with two attached hydrogens (primary N) is 1. The lowest BCUT2D eigenvalue weighted by atomic mass is 9.93. The van der Waals surface area contributed by atoms with Crippen LogP contribution in [0.25, 0.3) is 0 Å². The quantitative estimate of drug-likeness (QED) is 0.411. The van der Waals surface area contributed by atoms with Crippen molar-refractivity contribution in [1.82, 2.24) is 14.8 Å². The van der Waals surface area contributed by atoms with Crippen molar-refractivity contribution in [3.05, 3.63) is 93.0 Å². The molecule has 1 saturated heterocycles. The molecule has 0 radical (unpaired) electrons. The summed E-state index contributed by atoms with van der Waals surface area (Å²) in [6.45, 7) is 0.828. The number of carbonyl (C=O) groups is 1. The van der Waals surface area contributed by atoms with Crippen molar-refractivity contribution in [2.75, 3.05) is 25.9 Å². The largest absolute Gasteiger partial charge is 0.419 e. The Kier molecular flexibility index (Phi) is 7.45. The van der Waals surface area contributed by atoms with Gasteiger partial charge in [-0.1, -0.05) is 35.3 Å². The van der Waals surface area contributed by atoms with Gasteiger partial charge in [0.05, 0.1) is 27.5 Å².